The van der Waals surface area contributed by atoms with Crippen molar-refractivity contribution < 1.29 is 18.7 Å². The molecule has 1 aliphatic heterocycles. The number of benzene rings is 2. The van der Waals surface area contributed by atoms with Crippen molar-refractivity contribution in [3.63, 3.8) is 0 Å². The topological polar surface area (TPSA) is 70.7 Å². The van der Waals surface area contributed by atoms with Gasteiger partial charge in [-0.2, -0.15) is 11.8 Å². The molecule has 3 rings (SSSR count). The summed E-state index contributed by atoms with van der Waals surface area (Å²) >= 11 is 1.84. The molecular formula is C23H28FN3O3S. The number of nitrogens with one attached hydrogen (secondary N) is 2. The second-order valence-electron chi connectivity index (χ2n) is 7.44. The Hall–Kier alpha value is -2.58. The van der Waals surface area contributed by atoms with Crippen LogP contribution in [0.1, 0.15) is 18.9 Å². The van der Waals surface area contributed by atoms with Crippen LogP contribution in [0, 0.1) is 5.82 Å². The van der Waals surface area contributed by atoms with E-state index in [-0.39, 0.29) is 19.0 Å². The first-order valence-electron chi connectivity index (χ1n) is 10.3. The van der Waals surface area contributed by atoms with Gasteiger partial charge in [0.1, 0.15) is 11.9 Å². The van der Waals surface area contributed by atoms with Gasteiger partial charge in [-0.15, -0.1) is 0 Å². The fraction of sp³-hybridized carbons (Fsp3) is 0.391. The first-order valence-corrected chi connectivity index (χ1v) is 11.7. The van der Waals surface area contributed by atoms with Crippen LogP contribution < -0.4 is 15.5 Å². The van der Waals surface area contributed by atoms with Crippen LogP contribution in [0.2, 0.25) is 0 Å². The van der Waals surface area contributed by atoms with E-state index in [1.165, 1.54) is 17.9 Å². The lowest BCUT2D eigenvalue weighted by Crippen LogP contribution is -2.33. The Balaban J connectivity index is 1.61. The largest absolute Gasteiger partial charge is 0.442 e. The first kappa shape index (κ1) is 23.1. The molecule has 2 N–H and O–H groups in total. The molecule has 0 aromatic heterocycles. The molecule has 1 aliphatic rings. The molecule has 1 heterocycles. The zero-order valence-electron chi connectivity index (χ0n) is 17.8. The molecule has 0 spiro atoms. The molecule has 166 valence electrons. The molecule has 2 aromatic carbocycles. The van der Waals surface area contributed by atoms with Crippen molar-refractivity contribution in [1.82, 2.24) is 10.6 Å². The number of ether oxygens (including phenoxy) is 1. The molecule has 0 saturated carbocycles. The maximum absolute atomic E-state index is 14.8. The van der Waals surface area contributed by atoms with Crippen LogP contribution in [0.25, 0.3) is 11.1 Å². The van der Waals surface area contributed by atoms with Crippen molar-refractivity contribution in [2.45, 2.75) is 26.0 Å². The van der Waals surface area contributed by atoms with Crippen LogP contribution in [0.5, 0.6) is 0 Å². The number of anilines is 1. The van der Waals surface area contributed by atoms with Crippen molar-refractivity contribution in [2.24, 2.45) is 0 Å². The average Bonchev–Trinajstić information content (AvgIpc) is 3.13. The van der Waals surface area contributed by atoms with Gasteiger partial charge in [0.05, 0.1) is 18.8 Å². The molecular weight excluding hydrogens is 417 g/mol. The van der Waals surface area contributed by atoms with E-state index in [1.54, 1.807) is 12.1 Å². The summed E-state index contributed by atoms with van der Waals surface area (Å²) in [5, 5.41) is 6.03. The highest BCUT2D eigenvalue weighted by Crippen LogP contribution is 2.29. The van der Waals surface area contributed by atoms with E-state index in [1.807, 2.05) is 36.0 Å². The van der Waals surface area contributed by atoms with Gasteiger partial charge in [0.2, 0.25) is 5.91 Å². The van der Waals surface area contributed by atoms with Crippen molar-refractivity contribution in [2.75, 3.05) is 36.5 Å². The number of carbonyl (C=O) groups excluding carboxylic acids is 2. The predicted octanol–water partition coefficient (Wildman–Crippen LogP) is 3.80. The van der Waals surface area contributed by atoms with Crippen LogP contribution in [0.3, 0.4) is 0 Å². The number of rotatable bonds is 10. The second-order valence-corrected chi connectivity index (χ2v) is 8.42. The van der Waals surface area contributed by atoms with E-state index >= 15 is 0 Å². The SMILES string of the molecule is CSCCCNCc1ccc(-c2ccc(N3C[C@H](CNC(C)=O)OC3=O)cc2F)cc1. The highest BCUT2D eigenvalue weighted by Gasteiger charge is 2.32. The Morgan fingerprint density at radius 1 is 1.26 bits per heavy atom. The molecule has 8 heteroatoms. The molecule has 6 nitrogen and oxygen atoms in total. The lowest BCUT2D eigenvalue weighted by molar-refractivity contribution is -0.119. The minimum absolute atomic E-state index is 0.192. The quantitative estimate of drug-likeness (QED) is 0.545. The number of hydrogen-bond donors (Lipinski definition) is 2. The van der Waals surface area contributed by atoms with Gasteiger partial charge in [-0.1, -0.05) is 24.3 Å². The van der Waals surface area contributed by atoms with Gasteiger partial charge in [-0.25, -0.2) is 9.18 Å². The van der Waals surface area contributed by atoms with Crippen LogP contribution in [0.4, 0.5) is 14.9 Å². The molecule has 0 bridgehead atoms. The van der Waals surface area contributed by atoms with Gasteiger partial charge in [0.15, 0.2) is 0 Å². The van der Waals surface area contributed by atoms with Crippen molar-refractivity contribution >= 4 is 29.4 Å². The van der Waals surface area contributed by atoms with Gasteiger partial charge in [-0.3, -0.25) is 9.69 Å². The number of hydrogen-bond acceptors (Lipinski definition) is 5. The number of cyclic esters (lactones) is 1. The molecule has 0 unspecified atom stereocenters. The van der Waals surface area contributed by atoms with Gasteiger partial charge in [0, 0.05) is 19.0 Å². The summed E-state index contributed by atoms with van der Waals surface area (Å²) in [6.07, 6.45) is 2.24. The summed E-state index contributed by atoms with van der Waals surface area (Å²) < 4.78 is 20.1. The minimum atomic E-state index is -0.545. The first-order chi connectivity index (χ1) is 15.0. The lowest BCUT2D eigenvalue weighted by Gasteiger charge is -2.15. The van der Waals surface area contributed by atoms with E-state index in [9.17, 15) is 14.0 Å². The van der Waals surface area contributed by atoms with Gasteiger partial charge < -0.3 is 15.4 Å². The van der Waals surface area contributed by atoms with Crippen LogP contribution in [-0.2, 0) is 16.1 Å². The van der Waals surface area contributed by atoms with Gasteiger partial charge >= 0.3 is 6.09 Å². The Labute approximate surface area is 186 Å². The Kier molecular flexibility index (Phi) is 8.31. The molecule has 1 fully saturated rings. The second kappa shape index (κ2) is 11.2. The fourth-order valence-corrected chi connectivity index (χ4v) is 3.81. The molecule has 1 atom stereocenters. The third kappa shape index (κ3) is 6.45. The van der Waals surface area contributed by atoms with Gasteiger partial charge in [-0.05, 0) is 54.3 Å². The summed E-state index contributed by atoms with van der Waals surface area (Å²) in [6.45, 7) is 3.65. The molecule has 2 amide bonds. The normalized spacial score (nSPS) is 15.8. The summed E-state index contributed by atoms with van der Waals surface area (Å²) in [5.41, 5.74) is 2.84. The summed E-state index contributed by atoms with van der Waals surface area (Å²) in [5.74, 6) is 0.549. The van der Waals surface area contributed by atoms with E-state index in [4.69, 9.17) is 4.74 Å². The number of thioether (sulfide) groups is 1. The summed E-state index contributed by atoms with van der Waals surface area (Å²) in [7, 11) is 0. The third-order valence-electron chi connectivity index (χ3n) is 5.01. The minimum Gasteiger partial charge on any atom is -0.442 e. The molecule has 31 heavy (non-hydrogen) atoms. The van der Waals surface area contributed by atoms with Gasteiger partial charge in [0.25, 0.3) is 0 Å². The fourth-order valence-electron chi connectivity index (χ4n) is 3.38. The maximum atomic E-state index is 14.8. The predicted molar refractivity (Wildman–Crippen MR) is 123 cm³/mol. The van der Waals surface area contributed by atoms with Crippen LogP contribution in [-0.4, -0.2) is 49.7 Å². The lowest BCUT2D eigenvalue weighted by atomic mass is 10.0. The Morgan fingerprint density at radius 3 is 2.71 bits per heavy atom. The van der Waals surface area contributed by atoms with Crippen LogP contribution in [0.15, 0.2) is 42.5 Å². The molecule has 2 aromatic rings. The standard InChI is InChI=1S/C23H28FN3O3S/c1-16(28)26-14-20-15-27(23(29)30-20)19-8-9-21(22(24)12-19)18-6-4-17(5-7-18)13-25-10-3-11-31-2/h4-9,12,20,25H,3,10-11,13-15H2,1-2H3,(H,26,28)/t20-/m0/s1. The number of halogens is 1. The highest BCUT2D eigenvalue weighted by atomic mass is 32.2. The zero-order valence-corrected chi connectivity index (χ0v) is 18.6. The smallest absolute Gasteiger partial charge is 0.414 e. The Morgan fingerprint density at radius 2 is 2.03 bits per heavy atom. The average molecular weight is 446 g/mol. The number of nitrogens with zero attached hydrogens (tertiary/aromatic N) is 1. The van der Waals surface area contributed by atoms with Crippen molar-refractivity contribution in [3.8, 4) is 11.1 Å². The highest BCUT2D eigenvalue weighted by molar-refractivity contribution is 7.98. The Bertz CT molecular complexity index is 907. The van der Waals surface area contributed by atoms with E-state index < -0.39 is 18.0 Å². The van der Waals surface area contributed by atoms with E-state index in [0.717, 1.165) is 36.4 Å². The van der Waals surface area contributed by atoms with Crippen molar-refractivity contribution in [3.05, 3.63) is 53.8 Å². The van der Waals surface area contributed by atoms with E-state index in [0.29, 0.717) is 11.3 Å². The zero-order chi connectivity index (χ0) is 22.2. The molecule has 0 aliphatic carbocycles. The molecule has 1 saturated heterocycles. The maximum Gasteiger partial charge on any atom is 0.414 e. The monoisotopic (exact) mass is 445 g/mol. The molecule has 0 radical (unpaired) electrons. The van der Waals surface area contributed by atoms with Crippen molar-refractivity contribution in [1.29, 1.82) is 0 Å². The third-order valence-corrected chi connectivity index (χ3v) is 5.71. The summed E-state index contributed by atoms with van der Waals surface area (Å²) in [6, 6.07) is 12.5. The number of carbonyl (C=O) groups is 2. The summed E-state index contributed by atoms with van der Waals surface area (Å²) in [4.78, 5) is 24.6. The van der Waals surface area contributed by atoms with Crippen LogP contribution >= 0.6 is 11.8 Å². The number of amides is 2. The van der Waals surface area contributed by atoms with E-state index in [2.05, 4.69) is 16.9 Å².